The maximum atomic E-state index is 11.9. The van der Waals surface area contributed by atoms with Crippen molar-refractivity contribution in [2.24, 2.45) is 0 Å². The number of carbonyl (C=O) groups excluding carboxylic acids is 3. The van der Waals surface area contributed by atoms with Crippen molar-refractivity contribution in [3.63, 3.8) is 0 Å². The van der Waals surface area contributed by atoms with E-state index < -0.39 is 0 Å². The summed E-state index contributed by atoms with van der Waals surface area (Å²) in [6.07, 6.45) is 0. The Morgan fingerprint density at radius 2 is 1.74 bits per heavy atom. The first-order valence-corrected chi connectivity index (χ1v) is 8.72. The van der Waals surface area contributed by atoms with E-state index in [0.717, 1.165) is 5.56 Å². The van der Waals surface area contributed by atoms with Crippen molar-refractivity contribution < 1.29 is 19.1 Å². The summed E-state index contributed by atoms with van der Waals surface area (Å²) in [5.41, 5.74) is 2.28. The van der Waals surface area contributed by atoms with Crippen LogP contribution in [0.1, 0.15) is 29.8 Å². The fourth-order valence-electron chi connectivity index (χ4n) is 2.50. The highest BCUT2D eigenvalue weighted by Crippen LogP contribution is 2.16. The molecule has 2 amide bonds. The lowest BCUT2D eigenvalue weighted by molar-refractivity contribution is -0.123. The second kappa shape index (κ2) is 9.52. The van der Waals surface area contributed by atoms with Crippen LogP contribution < -0.4 is 15.0 Å². The number of amides is 2. The number of nitrogens with zero attached hydrogens (tertiary/aromatic N) is 1. The Morgan fingerprint density at radius 3 is 2.37 bits per heavy atom. The lowest BCUT2D eigenvalue weighted by Gasteiger charge is -2.22. The second-order valence-corrected chi connectivity index (χ2v) is 6.23. The highest BCUT2D eigenvalue weighted by Gasteiger charge is 2.13. The third kappa shape index (κ3) is 6.26. The molecular weight excluding hydrogens is 344 g/mol. The molecule has 0 heterocycles. The molecule has 2 aromatic rings. The molecule has 142 valence electrons. The molecule has 0 radical (unpaired) electrons. The summed E-state index contributed by atoms with van der Waals surface area (Å²) < 4.78 is 5.42. The first-order valence-electron chi connectivity index (χ1n) is 8.72. The molecule has 2 aromatic carbocycles. The number of Topliss-reactive ketones (excluding diaryl/α,β-unsaturated/α-hetero) is 1. The van der Waals surface area contributed by atoms with Gasteiger partial charge < -0.3 is 15.0 Å². The number of carbonyl (C=O) groups is 3. The highest BCUT2D eigenvalue weighted by atomic mass is 16.5. The molecule has 0 aliphatic rings. The van der Waals surface area contributed by atoms with Crippen molar-refractivity contribution in [2.75, 3.05) is 24.6 Å². The molecule has 2 rings (SSSR count). The number of ketones is 1. The van der Waals surface area contributed by atoms with Crippen LogP contribution in [0.4, 0.5) is 5.69 Å². The standard InChI is InChI=1S/C21H24N2O4/c1-15-7-9-20(10-8-15)27-14-21(26)22-11-12-23(17(3)25)19-6-4-5-18(13-19)16(2)24/h4-10,13H,11-12,14H2,1-3H3,(H,22,26). The molecule has 0 saturated carbocycles. The predicted octanol–water partition coefficient (Wildman–Crippen LogP) is 2.75. The van der Waals surface area contributed by atoms with Crippen molar-refractivity contribution in [2.45, 2.75) is 20.8 Å². The molecule has 0 saturated heterocycles. The Balaban J connectivity index is 1.86. The van der Waals surface area contributed by atoms with E-state index in [1.54, 1.807) is 24.3 Å². The molecule has 0 aromatic heterocycles. The third-order valence-electron chi connectivity index (χ3n) is 3.99. The van der Waals surface area contributed by atoms with E-state index in [1.807, 2.05) is 31.2 Å². The maximum absolute atomic E-state index is 11.9. The Kier molecular flexibility index (Phi) is 7.11. The van der Waals surface area contributed by atoms with Crippen LogP contribution in [0.3, 0.4) is 0 Å². The molecule has 6 nitrogen and oxygen atoms in total. The molecule has 0 aliphatic heterocycles. The topological polar surface area (TPSA) is 75.7 Å². The molecule has 0 spiro atoms. The van der Waals surface area contributed by atoms with Gasteiger partial charge in [-0.1, -0.05) is 29.8 Å². The lowest BCUT2D eigenvalue weighted by Crippen LogP contribution is -2.39. The zero-order chi connectivity index (χ0) is 19.8. The molecule has 0 bridgehead atoms. The van der Waals surface area contributed by atoms with E-state index >= 15 is 0 Å². The first-order chi connectivity index (χ1) is 12.9. The van der Waals surface area contributed by atoms with Crippen LogP contribution in [0.5, 0.6) is 5.75 Å². The Labute approximate surface area is 159 Å². The quantitative estimate of drug-likeness (QED) is 0.727. The van der Waals surface area contributed by atoms with E-state index in [2.05, 4.69) is 5.32 Å². The van der Waals surface area contributed by atoms with Gasteiger partial charge in [0.1, 0.15) is 5.75 Å². The van der Waals surface area contributed by atoms with Gasteiger partial charge in [-0.25, -0.2) is 0 Å². The average molecular weight is 368 g/mol. The Morgan fingerprint density at radius 1 is 1.04 bits per heavy atom. The van der Waals surface area contributed by atoms with Gasteiger partial charge in [-0.15, -0.1) is 0 Å². The summed E-state index contributed by atoms with van der Waals surface area (Å²) in [6.45, 7) is 5.38. The molecular formula is C21H24N2O4. The van der Waals surface area contributed by atoms with Crippen LogP contribution in [-0.4, -0.2) is 37.3 Å². The van der Waals surface area contributed by atoms with Gasteiger partial charge in [0.25, 0.3) is 5.91 Å². The minimum Gasteiger partial charge on any atom is -0.484 e. The number of rotatable bonds is 8. The second-order valence-electron chi connectivity index (χ2n) is 6.23. The monoisotopic (exact) mass is 368 g/mol. The molecule has 0 fully saturated rings. The van der Waals surface area contributed by atoms with Gasteiger partial charge >= 0.3 is 0 Å². The van der Waals surface area contributed by atoms with Crippen LogP contribution in [-0.2, 0) is 9.59 Å². The smallest absolute Gasteiger partial charge is 0.258 e. The minimum absolute atomic E-state index is 0.0677. The Bertz CT molecular complexity index is 815. The largest absolute Gasteiger partial charge is 0.484 e. The van der Waals surface area contributed by atoms with Gasteiger partial charge in [0.05, 0.1) is 0 Å². The summed E-state index contributed by atoms with van der Waals surface area (Å²) in [5, 5.41) is 2.73. The van der Waals surface area contributed by atoms with Crippen molar-refractivity contribution >= 4 is 23.3 Å². The zero-order valence-corrected chi connectivity index (χ0v) is 15.8. The predicted molar refractivity (Wildman–Crippen MR) is 104 cm³/mol. The average Bonchev–Trinajstić information content (AvgIpc) is 2.64. The van der Waals surface area contributed by atoms with Crippen LogP contribution in [0, 0.1) is 6.92 Å². The number of ether oxygens (including phenoxy) is 1. The van der Waals surface area contributed by atoms with E-state index in [1.165, 1.54) is 18.7 Å². The fraction of sp³-hybridized carbons (Fsp3) is 0.286. The van der Waals surface area contributed by atoms with Crippen LogP contribution in [0.15, 0.2) is 48.5 Å². The van der Waals surface area contributed by atoms with E-state index in [4.69, 9.17) is 4.74 Å². The number of aryl methyl sites for hydroxylation is 1. The number of benzene rings is 2. The third-order valence-corrected chi connectivity index (χ3v) is 3.99. The van der Waals surface area contributed by atoms with E-state index in [0.29, 0.717) is 23.5 Å². The van der Waals surface area contributed by atoms with Gasteiger partial charge in [-0.05, 0) is 38.1 Å². The normalized spacial score (nSPS) is 10.2. The van der Waals surface area contributed by atoms with Crippen LogP contribution >= 0.6 is 0 Å². The summed E-state index contributed by atoms with van der Waals surface area (Å²) in [4.78, 5) is 36.9. The van der Waals surface area contributed by atoms with E-state index in [9.17, 15) is 14.4 Å². The van der Waals surface area contributed by atoms with Crippen molar-refractivity contribution in [1.82, 2.24) is 5.32 Å². The molecule has 0 unspecified atom stereocenters. The first kappa shape index (κ1) is 20.2. The summed E-state index contributed by atoms with van der Waals surface area (Å²) in [6, 6.07) is 14.3. The van der Waals surface area contributed by atoms with Gasteiger partial charge in [0.2, 0.25) is 5.91 Å². The zero-order valence-electron chi connectivity index (χ0n) is 15.8. The Hall–Kier alpha value is -3.15. The lowest BCUT2D eigenvalue weighted by atomic mass is 10.1. The van der Waals surface area contributed by atoms with Crippen molar-refractivity contribution in [3.8, 4) is 5.75 Å². The van der Waals surface area contributed by atoms with Crippen molar-refractivity contribution in [1.29, 1.82) is 0 Å². The van der Waals surface area contributed by atoms with Gasteiger partial charge in [0.15, 0.2) is 12.4 Å². The summed E-state index contributed by atoms with van der Waals surface area (Å²) in [7, 11) is 0. The number of hydrogen-bond donors (Lipinski definition) is 1. The maximum Gasteiger partial charge on any atom is 0.258 e. The van der Waals surface area contributed by atoms with E-state index in [-0.39, 0.29) is 30.7 Å². The van der Waals surface area contributed by atoms with Gasteiger partial charge in [-0.3, -0.25) is 14.4 Å². The number of anilines is 1. The fourth-order valence-corrected chi connectivity index (χ4v) is 2.50. The molecule has 0 atom stereocenters. The van der Waals surface area contributed by atoms with Gasteiger partial charge in [0, 0.05) is 31.3 Å². The summed E-state index contributed by atoms with van der Waals surface area (Å²) >= 11 is 0. The summed E-state index contributed by atoms with van der Waals surface area (Å²) in [5.74, 6) is 0.126. The molecule has 0 aliphatic carbocycles. The van der Waals surface area contributed by atoms with Crippen LogP contribution in [0.25, 0.3) is 0 Å². The van der Waals surface area contributed by atoms with Gasteiger partial charge in [-0.2, -0.15) is 0 Å². The molecule has 27 heavy (non-hydrogen) atoms. The van der Waals surface area contributed by atoms with Crippen LogP contribution in [0.2, 0.25) is 0 Å². The molecule has 6 heteroatoms. The van der Waals surface area contributed by atoms with Crippen molar-refractivity contribution in [3.05, 3.63) is 59.7 Å². The number of nitrogens with one attached hydrogen (secondary N) is 1. The SMILES string of the molecule is CC(=O)c1cccc(N(CCNC(=O)COc2ccc(C)cc2)C(C)=O)c1. The number of hydrogen-bond acceptors (Lipinski definition) is 4. The molecule has 1 N–H and O–H groups in total. The highest BCUT2D eigenvalue weighted by molar-refractivity contribution is 5.97. The minimum atomic E-state index is -0.267.